The van der Waals surface area contributed by atoms with Gasteiger partial charge >= 0.3 is 0 Å². The lowest BCUT2D eigenvalue weighted by Gasteiger charge is -2.17. The van der Waals surface area contributed by atoms with E-state index in [2.05, 4.69) is 5.32 Å². The molecule has 0 heterocycles. The Labute approximate surface area is 155 Å². The first-order chi connectivity index (χ1) is 11.8. The van der Waals surface area contributed by atoms with Crippen molar-refractivity contribution in [2.24, 2.45) is 17.6 Å². The lowest BCUT2D eigenvalue weighted by atomic mass is 9.95. The van der Waals surface area contributed by atoms with Gasteiger partial charge in [0.2, 0.25) is 5.91 Å². The second-order valence-corrected chi connectivity index (χ2v) is 6.31. The van der Waals surface area contributed by atoms with Crippen LogP contribution in [0.4, 0.5) is 0 Å². The number of benzene rings is 2. The molecule has 1 saturated carbocycles. The van der Waals surface area contributed by atoms with Crippen molar-refractivity contribution in [1.82, 2.24) is 5.32 Å². The Morgan fingerprint density at radius 3 is 2.60 bits per heavy atom. The van der Waals surface area contributed by atoms with Crippen molar-refractivity contribution >= 4 is 18.3 Å². The Morgan fingerprint density at radius 1 is 1.08 bits per heavy atom. The molecule has 0 radical (unpaired) electrons. The van der Waals surface area contributed by atoms with Crippen LogP contribution < -0.4 is 15.8 Å². The summed E-state index contributed by atoms with van der Waals surface area (Å²) >= 11 is 0. The number of nitrogens with one attached hydrogen (secondary N) is 1. The number of amides is 1. The molecule has 0 unspecified atom stereocenters. The van der Waals surface area contributed by atoms with Crippen LogP contribution in [0.2, 0.25) is 0 Å². The number of hydrogen-bond acceptors (Lipinski definition) is 3. The van der Waals surface area contributed by atoms with Gasteiger partial charge in [-0.25, -0.2) is 0 Å². The third-order valence-electron chi connectivity index (χ3n) is 4.64. The minimum absolute atomic E-state index is 0. The van der Waals surface area contributed by atoms with Gasteiger partial charge < -0.3 is 15.8 Å². The van der Waals surface area contributed by atoms with Gasteiger partial charge in [-0.2, -0.15) is 0 Å². The first kappa shape index (κ1) is 19.3. The molecule has 134 valence electrons. The lowest BCUT2D eigenvalue weighted by Crippen LogP contribution is -2.34. The van der Waals surface area contributed by atoms with Gasteiger partial charge in [0.25, 0.3) is 0 Å². The van der Waals surface area contributed by atoms with Crippen LogP contribution in [0.5, 0.6) is 11.5 Å². The van der Waals surface area contributed by atoms with E-state index in [0.29, 0.717) is 19.0 Å². The van der Waals surface area contributed by atoms with Crippen molar-refractivity contribution in [3.8, 4) is 11.5 Å². The second kappa shape index (κ2) is 9.44. The maximum Gasteiger partial charge on any atom is 0.223 e. The Balaban J connectivity index is 0.00000225. The highest BCUT2D eigenvalue weighted by Gasteiger charge is 2.31. The van der Waals surface area contributed by atoms with E-state index in [4.69, 9.17) is 10.5 Å². The van der Waals surface area contributed by atoms with Crippen molar-refractivity contribution < 1.29 is 9.53 Å². The van der Waals surface area contributed by atoms with Crippen molar-refractivity contribution in [2.45, 2.75) is 25.8 Å². The van der Waals surface area contributed by atoms with Crippen LogP contribution >= 0.6 is 12.4 Å². The zero-order chi connectivity index (χ0) is 16.8. The molecule has 0 bridgehead atoms. The Hall–Kier alpha value is -2.04. The summed E-state index contributed by atoms with van der Waals surface area (Å²) in [6, 6.07) is 17.5. The Kier molecular flexibility index (Phi) is 7.29. The van der Waals surface area contributed by atoms with Crippen LogP contribution in [0, 0.1) is 11.8 Å². The standard InChI is InChI=1S/C20H24N2O2.ClH/c21-13-16-7-5-11-19(16)20(23)22-14-15-6-4-10-18(12-15)24-17-8-2-1-3-9-17;/h1-4,6,8-10,12,16,19H,5,7,11,13-14,21H2,(H,22,23);1H/t16-,19-;/m1./s1. The van der Waals surface area contributed by atoms with Crippen LogP contribution in [-0.4, -0.2) is 12.5 Å². The van der Waals surface area contributed by atoms with Crippen LogP contribution in [0.25, 0.3) is 0 Å². The van der Waals surface area contributed by atoms with Crippen LogP contribution in [-0.2, 0) is 11.3 Å². The fraction of sp³-hybridized carbons (Fsp3) is 0.350. The number of rotatable bonds is 6. The van der Waals surface area contributed by atoms with Crippen LogP contribution in [0.1, 0.15) is 24.8 Å². The molecule has 0 spiro atoms. The minimum Gasteiger partial charge on any atom is -0.457 e. The number of carbonyl (C=O) groups is 1. The maximum absolute atomic E-state index is 12.4. The van der Waals surface area contributed by atoms with E-state index >= 15 is 0 Å². The molecule has 1 fully saturated rings. The fourth-order valence-corrected chi connectivity index (χ4v) is 3.33. The summed E-state index contributed by atoms with van der Waals surface area (Å²) in [6.07, 6.45) is 3.11. The van der Waals surface area contributed by atoms with E-state index < -0.39 is 0 Å². The first-order valence-corrected chi connectivity index (χ1v) is 8.56. The number of hydrogen-bond donors (Lipinski definition) is 2. The Bertz CT molecular complexity index is 678. The highest BCUT2D eigenvalue weighted by atomic mass is 35.5. The number of nitrogens with two attached hydrogens (primary N) is 1. The van der Waals surface area contributed by atoms with E-state index in [1.54, 1.807) is 0 Å². The fourth-order valence-electron chi connectivity index (χ4n) is 3.33. The molecule has 2 atom stereocenters. The summed E-state index contributed by atoms with van der Waals surface area (Å²) in [6.45, 7) is 1.11. The van der Waals surface area contributed by atoms with Gasteiger partial charge in [-0.15, -0.1) is 12.4 Å². The normalized spacial score (nSPS) is 19.1. The molecule has 2 aromatic rings. The summed E-state index contributed by atoms with van der Waals surface area (Å²) in [4.78, 5) is 12.4. The monoisotopic (exact) mass is 360 g/mol. The molecule has 1 aliphatic rings. The lowest BCUT2D eigenvalue weighted by molar-refractivity contribution is -0.126. The molecule has 0 aliphatic heterocycles. The number of halogens is 1. The molecular formula is C20H25ClN2O2. The molecule has 2 aromatic carbocycles. The average molecular weight is 361 g/mol. The third-order valence-corrected chi connectivity index (χ3v) is 4.64. The summed E-state index contributed by atoms with van der Waals surface area (Å²) < 4.78 is 5.83. The summed E-state index contributed by atoms with van der Waals surface area (Å²) in [5.41, 5.74) is 6.79. The molecule has 1 aliphatic carbocycles. The van der Waals surface area contributed by atoms with E-state index in [1.165, 1.54) is 0 Å². The van der Waals surface area contributed by atoms with Gasteiger partial charge in [0.15, 0.2) is 0 Å². The zero-order valence-corrected chi connectivity index (χ0v) is 15.0. The summed E-state index contributed by atoms with van der Waals surface area (Å²) in [7, 11) is 0. The van der Waals surface area contributed by atoms with Crippen molar-refractivity contribution in [3.63, 3.8) is 0 Å². The van der Waals surface area contributed by atoms with Crippen molar-refractivity contribution in [1.29, 1.82) is 0 Å². The topological polar surface area (TPSA) is 64.4 Å². The van der Waals surface area contributed by atoms with Crippen LogP contribution in [0.15, 0.2) is 54.6 Å². The van der Waals surface area contributed by atoms with Gasteiger partial charge in [-0.3, -0.25) is 4.79 Å². The minimum atomic E-state index is 0. The Morgan fingerprint density at radius 2 is 1.84 bits per heavy atom. The van der Waals surface area contributed by atoms with Gasteiger partial charge in [-0.1, -0.05) is 36.8 Å². The highest BCUT2D eigenvalue weighted by Crippen LogP contribution is 2.31. The number of carbonyl (C=O) groups excluding carboxylic acids is 1. The van der Waals surface area contributed by atoms with Gasteiger partial charge in [0.1, 0.15) is 11.5 Å². The van der Waals surface area contributed by atoms with Gasteiger partial charge in [0.05, 0.1) is 0 Å². The van der Waals surface area contributed by atoms with Gasteiger partial charge in [0, 0.05) is 12.5 Å². The molecule has 0 saturated heterocycles. The quantitative estimate of drug-likeness (QED) is 0.821. The largest absolute Gasteiger partial charge is 0.457 e. The summed E-state index contributed by atoms with van der Waals surface area (Å²) in [5.74, 6) is 2.10. The number of ether oxygens (including phenoxy) is 1. The second-order valence-electron chi connectivity index (χ2n) is 6.31. The maximum atomic E-state index is 12.4. The van der Waals surface area contributed by atoms with E-state index in [9.17, 15) is 4.79 Å². The van der Waals surface area contributed by atoms with Crippen molar-refractivity contribution in [3.05, 3.63) is 60.2 Å². The molecular weight excluding hydrogens is 336 g/mol. The SMILES string of the molecule is Cl.NC[C@H]1CCC[C@H]1C(=O)NCc1cccc(Oc2ccccc2)c1. The molecule has 0 aromatic heterocycles. The van der Waals surface area contributed by atoms with E-state index in [0.717, 1.165) is 36.3 Å². The molecule has 3 N–H and O–H groups in total. The molecule has 5 heteroatoms. The van der Waals surface area contributed by atoms with E-state index in [1.807, 2.05) is 54.6 Å². The zero-order valence-electron chi connectivity index (χ0n) is 14.2. The molecule has 4 nitrogen and oxygen atoms in total. The summed E-state index contributed by atoms with van der Waals surface area (Å²) in [5, 5.41) is 3.05. The molecule has 25 heavy (non-hydrogen) atoms. The number of para-hydroxylation sites is 1. The molecule has 3 rings (SSSR count). The third kappa shape index (κ3) is 5.21. The average Bonchev–Trinajstić information content (AvgIpc) is 3.10. The highest BCUT2D eigenvalue weighted by molar-refractivity contribution is 5.85. The smallest absolute Gasteiger partial charge is 0.223 e. The van der Waals surface area contributed by atoms with Gasteiger partial charge in [-0.05, 0) is 55.1 Å². The predicted molar refractivity (Wildman–Crippen MR) is 102 cm³/mol. The molecule has 1 amide bonds. The van der Waals surface area contributed by atoms with E-state index in [-0.39, 0.29) is 24.2 Å². The van der Waals surface area contributed by atoms with Crippen molar-refractivity contribution in [2.75, 3.05) is 6.54 Å². The van der Waals surface area contributed by atoms with Crippen LogP contribution in [0.3, 0.4) is 0 Å². The first-order valence-electron chi connectivity index (χ1n) is 8.56. The predicted octanol–water partition coefficient (Wildman–Crippen LogP) is 3.89.